The average Bonchev–Trinajstić information content (AvgIpc) is 3.30. The first kappa shape index (κ1) is 17.6. The first-order valence-corrected chi connectivity index (χ1v) is 10.3. The lowest BCUT2D eigenvalue weighted by atomic mass is 10.0. The van der Waals surface area contributed by atoms with E-state index in [1.807, 2.05) is 28.9 Å². The summed E-state index contributed by atoms with van der Waals surface area (Å²) in [7, 11) is 0. The zero-order chi connectivity index (χ0) is 20.6. The lowest BCUT2D eigenvalue weighted by Crippen LogP contribution is -1.90. The molecule has 3 aromatic carbocycles. The van der Waals surface area contributed by atoms with Gasteiger partial charge in [0.15, 0.2) is 0 Å². The number of fused-ring (bicyclic) bond motifs is 3. The Hall–Kier alpha value is -4.24. The number of benzene rings is 3. The summed E-state index contributed by atoms with van der Waals surface area (Å²) >= 11 is 0. The highest BCUT2D eigenvalue weighted by molar-refractivity contribution is 5.83. The molecule has 3 nitrogen and oxygen atoms in total. The Morgan fingerprint density at radius 3 is 1.87 bits per heavy atom. The molecule has 0 spiro atoms. The first-order chi connectivity index (χ1) is 15.3. The number of nitrogens with zero attached hydrogens (tertiary/aromatic N) is 3. The molecule has 0 aliphatic rings. The molecule has 6 aromatic rings. The normalized spacial score (nSPS) is 11.2. The van der Waals surface area contributed by atoms with E-state index in [9.17, 15) is 0 Å². The van der Waals surface area contributed by atoms with Crippen LogP contribution < -0.4 is 0 Å². The van der Waals surface area contributed by atoms with Gasteiger partial charge in [0.25, 0.3) is 0 Å². The second-order valence-corrected chi connectivity index (χ2v) is 7.63. The van der Waals surface area contributed by atoms with Gasteiger partial charge in [0, 0.05) is 22.7 Å². The van der Waals surface area contributed by atoms with Gasteiger partial charge in [-0.1, -0.05) is 78.9 Å². The third-order valence-corrected chi connectivity index (χ3v) is 5.70. The highest BCUT2D eigenvalue weighted by Gasteiger charge is 2.08. The minimum Gasteiger partial charge on any atom is -0.256 e. The predicted molar refractivity (Wildman–Crippen MR) is 127 cm³/mol. The van der Waals surface area contributed by atoms with E-state index in [2.05, 4.69) is 96.0 Å². The van der Waals surface area contributed by atoms with Crippen LogP contribution in [0.3, 0.4) is 0 Å². The van der Waals surface area contributed by atoms with E-state index in [0.717, 1.165) is 33.5 Å². The molecule has 0 aliphatic carbocycles. The van der Waals surface area contributed by atoms with Gasteiger partial charge < -0.3 is 0 Å². The molecule has 0 N–H and O–H groups in total. The predicted octanol–water partition coefficient (Wildman–Crippen LogP) is 6.88. The van der Waals surface area contributed by atoms with Crippen LogP contribution >= 0.6 is 0 Å². The molecular weight excluding hydrogens is 378 g/mol. The smallest absolute Gasteiger partial charge is 0.0933 e. The van der Waals surface area contributed by atoms with Crippen LogP contribution in [0.1, 0.15) is 0 Å². The molecule has 0 amide bonds. The summed E-state index contributed by atoms with van der Waals surface area (Å²) < 4.78 is 2.02. The van der Waals surface area contributed by atoms with Crippen molar-refractivity contribution in [3.63, 3.8) is 0 Å². The maximum atomic E-state index is 4.87. The van der Waals surface area contributed by atoms with Gasteiger partial charge in [-0.05, 0) is 41.5 Å². The summed E-state index contributed by atoms with van der Waals surface area (Å²) in [5.41, 5.74) is 8.80. The van der Waals surface area contributed by atoms with E-state index in [1.54, 1.807) is 0 Å². The lowest BCUT2D eigenvalue weighted by molar-refractivity contribution is 1.01. The second kappa shape index (κ2) is 7.22. The molecule has 3 aromatic heterocycles. The number of hydrogen-bond acceptors (Lipinski definition) is 2. The molecule has 0 atom stereocenters. The fourth-order valence-electron chi connectivity index (χ4n) is 4.05. The molecule has 146 valence electrons. The summed E-state index contributed by atoms with van der Waals surface area (Å²) in [6.07, 6.45) is 1.82. The molecular formula is C28H19N3. The van der Waals surface area contributed by atoms with Gasteiger partial charge in [0.2, 0.25) is 0 Å². The van der Waals surface area contributed by atoms with Crippen LogP contribution in [0.4, 0.5) is 0 Å². The molecule has 3 heterocycles. The quantitative estimate of drug-likeness (QED) is 0.326. The van der Waals surface area contributed by atoms with Crippen molar-refractivity contribution < 1.29 is 0 Å². The molecule has 6 rings (SSSR count). The van der Waals surface area contributed by atoms with Crippen molar-refractivity contribution in [3.05, 3.63) is 115 Å². The zero-order valence-electron chi connectivity index (χ0n) is 16.8. The van der Waals surface area contributed by atoms with E-state index >= 15 is 0 Å². The Labute approximate surface area is 180 Å². The van der Waals surface area contributed by atoms with Crippen molar-refractivity contribution in [3.8, 4) is 33.6 Å². The summed E-state index contributed by atoms with van der Waals surface area (Å²) in [6.45, 7) is 0. The average molecular weight is 397 g/mol. The number of para-hydroxylation sites is 1. The van der Waals surface area contributed by atoms with Crippen molar-refractivity contribution >= 4 is 16.4 Å². The van der Waals surface area contributed by atoms with Crippen LogP contribution in [0, 0.1) is 0 Å². The van der Waals surface area contributed by atoms with Crippen molar-refractivity contribution in [2.75, 3.05) is 0 Å². The van der Waals surface area contributed by atoms with E-state index in [0.29, 0.717) is 0 Å². The summed E-state index contributed by atoms with van der Waals surface area (Å²) in [6, 6.07) is 37.9. The Bertz CT molecular complexity index is 1500. The summed E-state index contributed by atoms with van der Waals surface area (Å²) in [5.74, 6) is 0. The van der Waals surface area contributed by atoms with Gasteiger partial charge in [-0.25, -0.2) is 4.52 Å². The van der Waals surface area contributed by atoms with Crippen LogP contribution in [0.25, 0.3) is 50.1 Å². The second-order valence-electron chi connectivity index (χ2n) is 7.63. The van der Waals surface area contributed by atoms with Crippen LogP contribution in [0.5, 0.6) is 0 Å². The Kier molecular flexibility index (Phi) is 4.10. The standard InChI is InChI=1S/C28H19N3/c1-2-7-28-24(5-1)16-17-25-19-27(30-31(25)28)23-14-10-21(11-15-23)20-8-12-22(13-9-20)26-6-3-4-18-29-26/h1-19H. The maximum Gasteiger partial charge on any atom is 0.0933 e. The van der Waals surface area contributed by atoms with Gasteiger partial charge in [0.1, 0.15) is 0 Å². The summed E-state index contributed by atoms with van der Waals surface area (Å²) in [4.78, 5) is 4.42. The van der Waals surface area contributed by atoms with Crippen LogP contribution in [-0.2, 0) is 0 Å². The SMILES string of the molecule is c1ccc(-c2ccc(-c3ccc(-c4cc5ccc6ccccc6n5n4)cc3)cc2)nc1. The number of aromatic nitrogens is 3. The van der Waals surface area contributed by atoms with Crippen molar-refractivity contribution in [2.24, 2.45) is 0 Å². The fourth-order valence-corrected chi connectivity index (χ4v) is 4.05. The largest absolute Gasteiger partial charge is 0.256 e. The molecule has 3 heteroatoms. The van der Waals surface area contributed by atoms with Crippen molar-refractivity contribution in [1.29, 1.82) is 0 Å². The molecule has 31 heavy (non-hydrogen) atoms. The third kappa shape index (κ3) is 3.17. The molecule has 0 radical (unpaired) electrons. The van der Waals surface area contributed by atoms with Gasteiger partial charge >= 0.3 is 0 Å². The first-order valence-electron chi connectivity index (χ1n) is 10.3. The van der Waals surface area contributed by atoms with Crippen molar-refractivity contribution in [1.82, 2.24) is 14.6 Å². The van der Waals surface area contributed by atoms with Crippen molar-refractivity contribution in [2.45, 2.75) is 0 Å². The Balaban J connectivity index is 1.32. The van der Waals surface area contributed by atoms with Crippen LogP contribution in [-0.4, -0.2) is 14.6 Å². The van der Waals surface area contributed by atoms with Crippen LogP contribution in [0.15, 0.2) is 115 Å². The molecule has 0 fully saturated rings. The molecule has 0 aliphatic heterocycles. The highest BCUT2D eigenvalue weighted by Crippen LogP contribution is 2.28. The van der Waals surface area contributed by atoms with E-state index < -0.39 is 0 Å². The van der Waals surface area contributed by atoms with Crippen LogP contribution in [0.2, 0.25) is 0 Å². The van der Waals surface area contributed by atoms with Gasteiger partial charge in [-0.2, -0.15) is 5.10 Å². The number of hydrogen-bond donors (Lipinski definition) is 0. The van der Waals surface area contributed by atoms with E-state index in [4.69, 9.17) is 5.10 Å². The maximum absolute atomic E-state index is 4.87. The molecule has 0 saturated carbocycles. The fraction of sp³-hybridized carbons (Fsp3) is 0. The topological polar surface area (TPSA) is 30.2 Å². The van der Waals surface area contributed by atoms with Gasteiger partial charge in [-0.3, -0.25) is 4.98 Å². The summed E-state index contributed by atoms with van der Waals surface area (Å²) in [5, 5.41) is 6.06. The van der Waals surface area contributed by atoms with Gasteiger partial charge in [-0.15, -0.1) is 0 Å². The minimum atomic E-state index is 0.980. The minimum absolute atomic E-state index is 0.980. The number of pyridine rings is 2. The zero-order valence-corrected chi connectivity index (χ0v) is 16.8. The number of rotatable bonds is 3. The lowest BCUT2D eigenvalue weighted by Gasteiger charge is -2.05. The highest BCUT2D eigenvalue weighted by atomic mass is 15.2. The monoisotopic (exact) mass is 397 g/mol. The van der Waals surface area contributed by atoms with Gasteiger partial charge in [0.05, 0.1) is 22.4 Å². The Morgan fingerprint density at radius 1 is 0.516 bits per heavy atom. The van der Waals surface area contributed by atoms with E-state index in [1.165, 1.54) is 16.5 Å². The molecule has 0 unspecified atom stereocenters. The van der Waals surface area contributed by atoms with E-state index in [-0.39, 0.29) is 0 Å². The molecule has 0 saturated heterocycles. The molecule has 0 bridgehead atoms. The third-order valence-electron chi connectivity index (χ3n) is 5.70. The Morgan fingerprint density at radius 2 is 1.16 bits per heavy atom.